The molecule has 0 bridgehead atoms. The number of anilines is 1. The van der Waals surface area contributed by atoms with Crippen LogP contribution in [0.3, 0.4) is 0 Å². The molecule has 1 aliphatic rings. The van der Waals surface area contributed by atoms with Crippen LogP contribution in [0.2, 0.25) is 0 Å². The van der Waals surface area contributed by atoms with Gasteiger partial charge in [-0.15, -0.1) is 0 Å². The number of hydrogen-bond acceptors (Lipinski definition) is 3. The van der Waals surface area contributed by atoms with Gasteiger partial charge < -0.3 is 10.5 Å². The molecule has 0 saturated carbocycles. The van der Waals surface area contributed by atoms with E-state index in [1.807, 2.05) is 6.92 Å². The van der Waals surface area contributed by atoms with Crippen LogP contribution >= 0.6 is 0 Å². The Balaban J connectivity index is 2.32. The van der Waals surface area contributed by atoms with Gasteiger partial charge in [0.25, 0.3) is 0 Å². The van der Waals surface area contributed by atoms with Gasteiger partial charge in [-0.05, 0) is 19.8 Å². The Morgan fingerprint density at radius 3 is 2.73 bits per heavy atom. The summed E-state index contributed by atoms with van der Waals surface area (Å²) in [4.78, 5) is 3.40. The minimum Gasteiger partial charge on any atom is -0.393 e. The fourth-order valence-corrected chi connectivity index (χ4v) is 1.90. The lowest BCUT2D eigenvalue weighted by Crippen LogP contribution is -2.21. The Labute approximate surface area is 88.6 Å². The molecule has 1 aromatic rings. The Hall–Kier alpha value is -1.54. The maximum absolute atomic E-state index is 7.02. The molecule has 2 N–H and O–H groups in total. The van der Waals surface area contributed by atoms with Crippen molar-refractivity contribution in [2.45, 2.75) is 25.8 Å². The summed E-state index contributed by atoms with van der Waals surface area (Å²) < 4.78 is 7.06. The van der Waals surface area contributed by atoms with Crippen molar-refractivity contribution < 1.29 is 4.74 Å². The van der Waals surface area contributed by atoms with E-state index in [-0.39, 0.29) is 6.04 Å². The first kappa shape index (κ1) is 9.99. The van der Waals surface area contributed by atoms with Gasteiger partial charge in [0.05, 0.1) is 18.3 Å². The van der Waals surface area contributed by atoms with Crippen molar-refractivity contribution in [2.24, 2.45) is 0 Å². The SMILES string of the molecule is [C-]#[N+]c1c(C)nn(C2CCOCC2)c1N. The number of nitrogens with two attached hydrogens (primary N) is 1. The first-order valence-electron chi connectivity index (χ1n) is 5.04. The lowest BCUT2D eigenvalue weighted by Gasteiger charge is -2.23. The molecule has 2 heterocycles. The minimum absolute atomic E-state index is 0.285. The number of hydrogen-bond donors (Lipinski definition) is 1. The maximum Gasteiger partial charge on any atom is 0.249 e. The Morgan fingerprint density at radius 2 is 2.20 bits per heavy atom. The van der Waals surface area contributed by atoms with Crippen molar-refractivity contribution in [3.8, 4) is 0 Å². The molecule has 1 aromatic heterocycles. The summed E-state index contributed by atoms with van der Waals surface area (Å²) >= 11 is 0. The zero-order chi connectivity index (χ0) is 10.8. The molecule has 80 valence electrons. The Bertz CT molecular complexity index is 398. The smallest absolute Gasteiger partial charge is 0.249 e. The van der Waals surface area contributed by atoms with Crippen LogP contribution in [-0.4, -0.2) is 23.0 Å². The van der Waals surface area contributed by atoms with E-state index < -0.39 is 0 Å². The third-order valence-corrected chi connectivity index (χ3v) is 2.74. The number of nitrogen functional groups attached to an aromatic ring is 1. The molecule has 0 radical (unpaired) electrons. The average Bonchev–Trinajstić information content (AvgIpc) is 2.55. The van der Waals surface area contributed by atoms with Crippen molar-refractivity contribution in [2.75, 3.05) is 18.9 Å². The van der Waals surface area contributed by atoms with Crippen molar-refractivity contribution in [1.29, 1.82) is 0 Å². The van der Waals surface area contributed by atoms with E-state index in [1.54, 1.807) is 4.68 Å². The molecule has 0 aromatic carbocycles. The van der Waals surface area contributed by atoms with Crippen molar-refractivity contribution in [3.05, 3.63) is 17.1 Å². The summed E-state index contributed by atoms with van der Waals surface area (Å²) in [6.45, 7) is 10.3. The molecule has 0 atom stereocenters. The van der Waals surface area contributed by atoms with Crippen LogP contribution in [0.1, 0.15) is 24.6 Å². The van der Waals surface area contributed by atoms with Gasteiger partial charge in [-0.3, -0.25) is 4.68 Å². The molecule has 2 rings (SSSR count). The van der Waals surface area contributed by atoms with Gasteiger partial charge in [0.15, 0.2) is 0 Å². The van der Waals surface area contributed by atoms with Gasteiger partial charge in [-0.1, -0.05) is 0 Å². The van der Waals surface area contributed by atoms with Crippen LogP contribution in [0.15, 0.2) is 0 Å². The number of rotatable bonds is 1. The van der Waals surface area contributed by atoms with Gasteiger partial charge in [0.1, 0.15) is 5.82 Å². The summed E-state index contributed by atoms with van der Waals surface area (Å²) in [6, 6.07) is 0.285. The first-order valence-corrected chi connectivity index (χ1v) is 5.04. The summed E-state index contributed by atoms with van der Waals surface area (Å²) in [5.74, 6) is 0.495. The Morgan fingerprint density at radius 1 is 1.53 bits per heavy atom. The van der Waals surface area contributed by atoms with Crippen LogP contribution in [-0.2, 0) is 4.74 Å². The standard InChI is InChI=1S/C10H14N4O/c1-7-9(12-2)10(11)14(13-7)8-3-5-15-6-4-8/h8H,3-6,11H2,1H3. The van der Waals surface area contributed by atoms with Crippen LogP contribution < -0.4 is 5.73 Å². The van der Waals surface area contributed by atoms with E-state index in [2.05, 4.69) is 9.94 Å². The summed E-state index contributed by atoms with van der Waals surface area (Å²) in [7, 11) is 0. The predicted molar refractivity (Wildman–Crippen MR) is 56.7 cm³/mol. The van der Waals surface area contributed by atoms with E-state index in [0.29, 0.717) is 17.2 Å². The molecule has 1 aliphatic heterocycles. The highest BCUT2D eigenvalue weighted by Crippen LogP contribution is 2.31. The zero-order valence-electron chi connectivity index (χ0n) is 8.73. The average molecular weight is 206 g/mol. The molecule has 0 spiro atoms. The van der Waals surface area contributed by atoms with Gasteiger partial charge in [0, 0.05) is 13.2 Å². The lowest BCUT2D eigenvalue weighted by atomic mass is 10.1. The minimum atomic E-state index is 0.285. The normalized spacial score (nSPS) is 17.6. The second kappa shape index (κ2) is 3.91. The van der Waals surface area contributed by atoms with E-state index in [0.717, 1.165) is 26.1 Å². The van der Waals surface area contributed by atoms with E-state index in [9.17, 15) is 0 Å². The highest BCUT2D eigenvalue weighted by molar-refractivity contribution is 5.66. The monoisotopic (exact) mass is 206 g/mol. The summed E-state index contributed by atoms with van der Waals surface area (Å²) in [5.41, 5.74) is 7.10. The van der Waals surface area contributed by atoms with E-state index in [4.69, 9.17) is 17.0 Å². The highest BCUT2D eigenvalue weighted by Gasteiger charge is 2.21. The third-order valence-electron chi connectivity index (χ3n) is 2.74. The second-order valence-corrected chi connectivity index (χ2v) is 3.72. The van der Waals surface area contributed by atoms with Crippen LogP contribution in [0, 0.1) is 13.5 Å². The molecule has 5 heteroatoms. The predicted octanol–water partition coefficient (Wildman–Crippen LogP) is 1.68. The molecule has 0 amide bonds. The highest BCUT2D eigenvalue weighted by atomic mass is 16.5. The summed E-state index contributed by atoms with van der Waals surface area (Å²) in [6.07, 6.45) is 1.84. The van der Waals surface area contributed by atoms with Crippen molar-refractivity contribution in [1.82, 2.24) is 9.78 Å². The maximum atomic E-state index is 7.02. The van der Waals surface area contributed by atoms with Crippen LogP contribution in [0.5, 0.6) is 0 Å². The molecule has 15 heavy (non-hydrogen) atoms. The summed E-state index contributed by atoms with van der Waals surface area (Å²) in [5, 5.41) is 4.33. The zero-order valence-corrected chi connectivity index (χ0v) is 8.73. The number of ether oxygens (including phenoxy) is 1. The van der Waals surface area contributed by atoms with Gasteiger partial charge in [-0.25, -0.2) is 4.85 Å². The van der Waals surface area contributed by atoms with Gasteiger partial charge >= 0.3 is 0 Å². The quantitative estimate of drug-likeness (QED) is 0.711. The molecular formula is C10H14N4O. The number of aromatic nitrogens is 2. The van der Waals surface area contributed by atoms with Crippen molar-refractivity contribution >= 4 is 11.5 Å². The molecule has 1 fully saturated rings. The fourth-order valence-electron chi connectivity index (χ4n) is 1.90. The van der Waals surface area contributed by atoms with E-state index in [1.165, 1.54) is 0 Å². The third kappa shape index (κ3) is 1.68. The van der Waals surface area contributed by atoms with Gasteiger partial charge in [-0.2, -0.15) is 5.10 Å². The van der Waals surface area contributed by atoms with Gasteiger partial charge in [0.2, 0.25) is 5.69 Å². The molecule has 5 nitrogen and oxygen atoms in total. The number of nitrogens with zero attached hydrogens (tertiary/aromatic N) is 3. The Kier molecular flexibility index (Phi) is 2.60. The van der Waals surface area contributed by atoms with Crippen LogP contribution in [0.25, 0.3) is 4.85 Å². The fraction of sp³-hybridized carbons (Fsp3) is 0.600. The topological polar surface area (TPSA) is 57.4 Å². The van der Waals surface area contributed by atoms with Crippen molar-refractivity contribution in [3.63, 3.8) is 0 Å². The molecule has 0 unspecified atom stereocenters. The number of aryl methyl sites for hydroxylation is 1. The molecule has 0 aliphatic carbocycles. The lowest BCUT2D eigenvalue weighted by molar-refractivity contribution is 0.0668. The molecule has 1 saturated heterocycles. The first-order chi connectivity index (χ1) is 7.24. The van der Waals surface area contributed by atoms with E-state index >= 15 is 0 Å². The molecular weight excluding hydrogens is 192 g/mol. The second-order valence-electron chi connectivity index (χ2n) is 3.72. The van der Waals surface area contributed by atoms with Crippen LogP contribution in [0.4, 0.5) is 11.5 Å². The largest absolute Gasteiger partial charge is 0.393 e.